The Bertz CT molecular complexity index is 1080. The third-order valence-electron chi connectivity index (χ3n) is 4.86. The van der Waals surface area contributed by atoms with Crippen LogP contribution in [0.5, 0.6) is 0 Å². The van der Waals surface area contributed by atoms with Gasteiger partial charge in [0.15, 0.2) is 5.78 Å². The van der Waals surface area contributed by atoms with Gasteiger partial charge in [-0.05, 0) is 30.5 Å². The molecular formula is C18H14F3N3O3. The number of anilines is 1. The van der Waals surface area contributed by atoms with E-state index in [4.69, 9.17) is 0 Å². The number of aromatic amines is 2. The minimum Gasteiger partial charge on any atom is -0.344 e. The van der Waals surface area contributed by atoms with E-state index < -0.39 is 28.9 Å². The smallest absolute Gasteiger partial charge is 0.344 e. The Labute approximate surface area is 150 Å². The van der Waals surface area contributed by atoms with E-state index in [1.807, 2.05) is 0 Å². The largest absolute Gasteiger partial charge is 0.416 e. The van der Waals surface area contributed by atoms with Crippen LogP contribution >= 0.6 is 0 Å². The van der Waals surface area contributed by atoms with Crippen molar-refractivity contribution in [2.45, 2.75) is 31.4 Å². The Hall–Kier alpha value is -3.10. The third-order valence-corrected chi connectivity index (χ3v) is 4.86. The monoisotopic (exact) mass is 377 g/mol. The maximum atomic E-state index is 12.9. The van der Waals surface area contributed by atoms with Crippen molar-refractivity contribution in [2.75, 3.05) is 5.32 Å². The zero-order valence-electron chi connectivity index (χ0n) is 13.9. The second-order valence-electron chi connectivity index (χ2n) is 6.54. The molecule has 0 saturated heterocycles. The molecule has 27 heavy (non-hydrogen) atoms. The number of rotatable bonds is 1. The molecule has 3 N–H and O–H groups in total. The second-order valence-corrected chi connectivity index (χ2v) is 6.54. The molecule has 0 unspecified atom stereocenters. The average molecular weight is 377 g/mol. The Morgan fingerprint density at radius 1 is 0.963 bits per heavy atom. The standard InChI is InChI=1S/C18H14F3N3O3/c19-18(20,21)9-6-4-8(5-7-9)12-13-10(2-1-3-11(13)25)22-15-14(12)16(26)24-17(27)23-15/h4-7,12H,1-3H2,(H3,22,23,24,26,27)/t12-/m1/s1. The number of nitrogens with one attached hydrogen (secondary N) is 3. The summed E-state index contributed by atoms with van der Waals surface area (Å²) in [6, 6.07) is 4.37. The lowest BCUT2D eigenvalue weighted by Gasteiger charge is -2.32. The van der Waals surface area contributed by atoms with Gasteiger partial charge in [0.25, 0.3) is 5.56 Å². The van der Waals surface area contributed by atoms with Gasteiger partial charge in [0.05, 0.1) is 11.1 Å². The summed E-state index contributed by atoms with van der Waals surface area (Å²) < 4.78 is 38.6. The Balaban J connectivity index is 1.93. The highest BCUT2D eigenvalue weighted by Gasteiger charge is 2.38. The van der Waals surface area contributed by atoms with Crippen LogP contribution in [0.4, 0.5) is 19.0 Å². The number of benzene rings is 1. The lowest BCUT2D eigenvalue weighted by atomic mass is 9.76. The number of halogens is 3. The van der Waals surface area contributed by atoms with E-state index in [1.165, 1.54) is 12.1 Å². The summed E-state index contributed by atoms with van der Waals surface area (Å²) in [5.74, 6) is -0.834. The molecular weight excluding hydrogens is 363 g/mol. The van der Waals surface area contributed by atoms with Crippen molar-refractivity contribution in [3.8, 4) is 0 Å². The summed E-state index contributed by atoms with van der Waals surface area (Å²) in [6.07, 6.45) is -3.02. The lowest BCUT2D eigenvalue weighted by Crippen LogP contribution is -2.36. The molecule has 2 heterocycles. The molecule has 1 atom stereocenters. The molecule has 140 valence electrons. The Kier molecular flexibility index (Phi) is 3.83. The average Bonchev–Trinajstić information content (AvgIpc) is 2.59. The topological polar surface area (TPSA) is 94.8 Å². The van der Waals surface area contributed by atoms with E-state index in [-0.39, 0.29) is 17.2 Å². The SMILES string of the molecule is O=C1CCCC2=C1[C@@H](c1ccc(C(F)(F)F)cc1)c1c([nH]c(=O)[nH]c1=O)N2. The van der Waals surface area contributed by atoms with Crippen LogP contribution in [0.25, 0.3) is 0 Å². The molecule has 6 nitrogen and oxygen atoms in total. The van der Waals surface area contributed by atoms with Crippen molar-refractivity contribution in [3.63, 3.8) is 0 Å². The first-order valence-electron chi connectivity index (χ1n) is 8.32. The number of H-pyrrole nitrogens is 2. The van der Waals surface area contributed by atoms with Gasteiger partial charge in [-0.25, -0.2) is 4.79 Å². The minimum absolute atomic E-state index is 0.114. The maximum absolute atomic E-state index is 12.9. The number of alkyl halides is 3. The van der Waals surface area contributed by atoms with Crippen LogP contribution < -0.4 is 16.6 Å². The van der Waals surface area contributed by atoms with Crippen LogP contribution in [0, 0.1) is 0 Å². The fourth-order valence-electron chi connectivity index (χ4n) is 3.69. The highest BCUT2D eigenvalue weighted by atomic mass is 19.4. The number of carbonyl (C=O) groups is 1. The molecule has 1 aliphatic carbocycles. The second kappa shape index (κ2) is 5.97. The van der Waals surface area contributed by atoms with Gasteiger partial charge in [-0.15, -0.1) is 0 Å². The number of ketones is 1. The molecule has 0 fully saturated rings. The van der Waals surface area contributed by atoms with Crippen molar-refractivity contribution in [2.24, 2.45) is 0 Å². The number of hydrogen-bond donors (Lipinski definition) is 3. The molecule has 4 rings (SSSR count). The van der Waals surface area contributed by atoms with Gasteiger partial charge in [-0.1, -0.05) is 12.1 Å². The van der Waals surface area contributed by atoms with E-state index in [0.29, 0.717) is 36.1 Å². The number of hydrogen-bond acceptors (Lipinski definition) is 4. The van der Waals surface area contributed by atoms with Gasteiger partial charge in [0.1, 0.15) is 5.82 Å². The third kappa shape index (κ3) is 2.88. The zero-order chi connectivity index (χ0) is 19.3. The number of aromatic nitrogens is 2. The van der Waals surface area contributed by atoms with Crippen LogP contribution in [0.3, 0.4) is 0 Å². The van der Waals surface area contributed by atoms with Gasteiger partial charge in [-0.3, -0.25) is 19.6 Å². The first-order valence-corrected chi connectivity index (χ1v) is 8.32. The van der Waals surface area contributed by atoms with E-state index in [9.17, 15) is 27.6 Å². The van der Waals surface area contributed by atoms with Crippen molar-refractivity contribution >= 4 is 11.6 Å². The molecule has 1 aromatic carbocycles. The number of Topliss-reactive ketones (excluding diaryl/α,β-unsaturated/α-hetero) is 1. The highest BCUT2D eigenvalue weighted by molar-refractivity contribution is 6.00. The van der Waals surface area contributed by atoms with E-state index in [2.05, 4.69) is 15.3 Å². The van der Waals surface area contributed by atoms with Crippen LogP contribution in [-0.4, -0.2) is 15.8 Å². The first kappa shape index (κ1) is 17.3. The van der Waals surface area contributed by atoms with Crippen molar-refractivity contribution < 1.29 is 18.0 Å². The molecule has 0 radical (unpaired) electrons. The fourth-order valence-corrected chi connectivity index (χ4v) is 3.69. The molecule has 2 aliphatic rings. The van der Waals surface area contributed by atoms with Crippen LogP contribution in [0.1, 0.15) is 41.9 Å². The summed E-state index contributed by atoms with van der Waals surface area (Å²) in [5, 5.41) is 2.95. The van der Waals surface area contributed by atoms with Crippen molar-refractivity contribution in [1.82, 2.24) is 9.97 Å². The molecule has 9 heteroatoms. The summed E-state index contributed by atoms with van der Waals surface area (Å²) in [5.41, 5.74) is -0.759. The first-order chi connectivity index (χ1) is 12.8. The molecule has 1 aliphatic heterocycles. The summed E-state index contributed by atoms with van der Waals surface area (Å²) in [7, 11) is 0. The quantitative estimate of drug-likeness (QED) is 0.712. The predicted molar refractivity (Wildman–Crippen MR) is 90.5 cm³/mol. The van der Waals surface area contributed by atoms with Gasteiger partial charge in [0, 0.05) is 23.6 Å². The fraction of sp³-hybridized carbons (Fsp3) is 0.278. The molecule has 2 aromatic rings. The molecule has 0 amide bonds. The van der Waals surface area contributed by atoms with E-state index >= 15 is 0 Å². The van der Waals surface area contributed by atoms with Crippen LogP contribution in [0.2, 0.25) is 0 Å². The van der Waals surface area contributed by atoms with E-state index in [1.54, 1.807) is 0 Å². The van der Waals surface area contributed by atoms with Crippen LogP contribution in [0.15, 0.2) is 45.1 Å². The maximum Gasteiger partial charge on any atom is 0.416 e. The number of allylic oxidation sites excluding steroid dienone is 2. The molecule has 1 aromatic heterocycles. The zero-order valence-corrected chi connectivity index (χ0v) is 13.9. The highest BCUT2D eigenvalue weighted by Crippen LogP contribution is 2.43. The Morgan fingerprint density at radius 3 is 2.33 bits per heavy atom. The van der Waals surface area contributed by atoms with Gasteiger partial charge < -0.3 is 5.32 Å². The Morgan fingerprint density at radius 2 is 1.67 bits per heavy atom. The molecule has 0 spiro atoms. The van der Waals surface area contributed by atoms with Gasteiger partial charge in [-0.2, -0.15) is 13.2 Å². The normalized spacial score (nSPS) is 19.4. The number of fused-ring (bicyclic) bond motifs is 1. The van der Waals surface area contributed by atoms with E-state index in [0.717, 1.165) is 12.1 Å². The molecule has 0 bridgehead atoms. The summed E-state index contributed by atoms with van der Waals surface area (Å²) in [6.45, 7) is 0. The minimum atomic E-state index is -4.49. The van der Waals surface area contributed by atoms with Crippen molar-refractivity contribution in [3.05, 3.63) is 73.1 Å². The summed E-state index contributed by atoms with van der Waals surface area (Å²) >= 11 is 0. The molecule has 0 saturated carbocycles. The summed E-state index contributed by atoms with van der Waals surface area (Å²) in [4.78, 5) is 41.3. The predicted octanol–water partition coefficient (Wildman–Crippen LogP) is 2.65. The van der Waals surface area contributed by atoms with Crippen molar-refractivity contribution in [1.29, 1.82) is 0 Å². The van der Waals surface area contributed by atoms with Crippen LogP contribution in [-0.2, 0) is 11.0 Å². The van der Waals surface area contributed by atoms with Gasteiger partial charge >= 0.3 is 11.9 Å². The lowest BCUT2D eigenvalue weighted by molar-refractivity contribution is -0.137. The van der Waals surface area contributed by atoms with Gasteiger partial charge in [0.2, 0.25) is 0 Å². The number of carbonyl (C=O) groups excluding carboxylic acids is 1.